The molecular formula is C25H23FN2. The first-order valence-corrected chi connectivity index (χ1v) is 9.42. The van der Waals surface area contributed by atoms with Crippen molar-refractivity contribution in [2.75, 3.05) is 0 Å². The van der Waals surface area contributed by atoms with E-state index in [9.17, 15) is 4.39 Å². The lowest BCUT2D eigenvalue weighted by molar-refractivity contribution is 0.628. The molecule has 0 bridgehead atoms. The fourth-order valence-corrected chi connectivity index (χ4v) is 3.83. The molecule has 1 heterocycles. The predicted molar refractivity (Wildman–Crippen MR) is 113 cm³/mol. The summed E-state index contributed by atoms with van der Waals surface area (Å²) in [5.74, 6) is 0.567. The number of aromatic nitrogens is 2. The number of rotatable bonds is 3. The van der Waals surface area contributed by atoms with Crippen LogP contribution in [0, 0.1) is 33.5 Å². The zero-order valence-corrected chi connectivity index (χ0v) is 16.6. The summed E-state index contributed by atoms with van der Waals surface area (Å²) >= 11 is 0. The highest BCUT2D eigenvalue weighted by atomic mass is 19.1. The molecular weight excluding hydrogens is 347 g/mol. The largest absolute Gasteiger partial charge is 0.299 e. The van der Waals surface area contributed by atoms with Gasteiger partial charge in [0.2, 0.25) is 0 Å². The summed E-state index contributed by atoms with van der Waals surface area (Å²) in [5, 5.41) is 0. The number of hydrogen-bond acceptors (Lipinski definition) is 1. The SMILES string of the molecule is Cc1ccc(C)c(-c2cc(C)c(-n3ccnc3-c3ccc(F)cc3)c(C)c2)c1. The van der Waals surface area contributed by atoms with Crippen LogP contribution in [0.25, 0.3) is 28.2 Å². The molecule has 0 fully saturated rings. The average molecular weight is 370 g/mol. The van der Waals surface area contributed by atoms with E-state index in [4.69, 9.17) is 0 Å². The van der Waals surface area contributed by atoms with Crippen molar-refractivity contribution in [2.24, 2.45) is 0 Å². The van der Waals surface area contributed by atoms with Crippen LogP contribution in [-0.4, -0.2) is 9.55 Å². The maximum atomic E-state index is 13.3. The molecule has 0 unspecified atom stereocenters. The molecule has 0 amide bonds. The van der Waals surface area contributed by atoms with Crippen molar-refractivity contribution >= 4 is 0 Å². The lowest BCUT2D eigenvalue weighted by atomic mass is 9.94. The summed E-state index contributed by atoms with van der Waals surface area (Å²) < 4.78 is 15.4. The zero-order valence-electron chi connectivity index (χ0n) is 16.6. The number of hydrogen-bond donors (Lipinski definition) is 0. The molecule has 0 spiro atoms. The topological polar surface area (TPSA) is 17.8 Å². The maximum absolute atomic E-state index is 13.3. The Morgan fingerprint density at radius 2 is 1.43 bits per heavy atom. The summed E-state index contributed by atoms with van der Waals surface area (Å²) in [7, 11) is 0. The summed E-state index contributed by atoms with van der Waals surface area (Å²) in [5.41, 5.74) is 9.38. The first-order valence-electron chi connectivity index (χ1n) is 9.42. The molecule has 0 N–H and O–H groups in total. The van der Waals surface area contributed by atoms with Crippen molar-refractivity contribution in [3.05, 3.63) is 95.1 Å². The molecule has 4 rings (SSSR count). The minimum absolute atomic E-state index is 0.243. The maximum Gasteiger partial charge on any atom is 0.144 e. The second-order valence-corrected chi connectivity index (χ2v) is 7.40. The van der Waals surface area contributed by atoms with E-state index >= 15 is 0 Å². The Bertz CT molecular complexity index is 1130. The molecule has 140 valence electrons. The minimum Gasteiger partial charge on any atom is -0.299 e. The van der Waals surface area contributed by atoms with Gasteiger partial charge >= 0.3 is 0 Å². The first-order chi connectivity index (χ1) is 13.4. The number of imidazole rings is 1. The monoisotopic (exact) mass is 370 g/mol. The predicted octanol–water partition coefficient (Wildman–Crippen LogP) is 6.58. The van der Waals surface area contributed by atoms with Gasteiger partial charge < -0.3 is 0 Å². The molecule has 2 nitrogen and oxygen atoms in total. The van der Waals surface area contributed by atoms with Crippen molar-refractivity contribution in [2.45, 2.75) is 27.7 Å². The van der Waals surface area contributed by atoms with Crippen LogP contribution in [0.4, 0.5) is 4.39 Å². The Labute approximate surface area is 165 Å². The second kappa shape index (κ2) is 7.08. The van der Waals surface area contributed by atoms with Crippen LogP contribution in [0.1, 0.15) is 22.3 Å². The number of nitrogens with zero attached hydrogens (tertiary/aromatic N) is 2. The van der Waals surface area contributed by atoms with Crippen molar-refractivity contribution < 1.29 is 4.39 Å². The van der Waals surface area contributed by atoms with Gasteiger partial charge in [0.15, 0.2) is 0 Å². The normalized spacial score (nSPS) is 11.0. The lowest BCUT2D eigenvalue weighted by Crippen LogP contribution is -2.02. The highest BCUT2D eigenvalue weighted by Crippen LogP contribution is 2.32. The van der Waals surface area contributed by atoms with Crippen molar-refractivity contribution in [1.29, 1.82) is 0 Å². The smallest absolute Gasteiger partial charge is 0.144 e. The molecule has 3 heteroatoms. The first kappa shape index (κ1) is 18.2. The third-order valence-corrected chi connectivity index (χ3v) is 5.18. The van der Waals surface area contributed by atoms with Crippen molar-refractivity contribution in [3.8, 4) is 28.2 Å². The molecule has 3 aromatic carbocycles. The summed E-state index contributed by atoms with van der Waals surface area (Å²) in [6.07, 6.45) is 3.75. The molecule has 0 aliphatic rings. The third-order valence-electron chi connectivity index (χ3n) is 5.18. The Balaban J connectivity index is 1.84. The third kappa shape index (κ3) is 3.24. The van der Waals surface area contributed by atoms with Crippen LogP contribution in [0.2, 0.25) is 0 Å². The Morgan fingerprint density at radius 3 is 2.11 bits per heavy atom. The zero-order chi connectivity index (χ0) is 19.8. The summed E-state index contributed by atoms with van der Waals surface area (Å²) in [4.78, 5) is 4.52. The van der Waals surface area contributed by atoms with Gasteiger partial charge in [0.1, 0.15) is 11.6 Å². The van der Waals surface area contributed by atoms with Crippen molar-refractivity contribution in [3.63, 3.8) is 0 Å². The quantitative estimate of drug-likeness (QED) is 0.398. The van der Waals surface area contributed by atoms with E-state index in [0.717, 1.165) is 17.1 Å². The highest BCUT2D eigenvalue weighted by Gasteiger charge is 2.14. The fourth-order valence-electron chi connectivity index (χ4n) is 3.83. The van der Waals surface area contributed by atoms with Crippen LogP contribution < -0.4 is 0 Å². The van der Waals surface area contributed by atoms with Gasteiger partial charge in [-0.3, -0.25) is 4.57 Å². The molecule has 0 saturated carbocycles. The van der Waals surface area contributed by atoms with Crippen LogP contribution in [0.5, 0.6) is 0 Å². The molecule has 28 heavy (non-hydrogen) atoms. The van der Waals surface area contributed by atoms with Gasteiger partial charge in [-0.25, -0.2) is 9.37 Å². The van der Waals surface area contributed by atoms with E-state index < -0.39 is 0 Å². The Hall–Kier alpha value is -3.20. The van der Waals surface area contributed by atoms with Crippen molar-refractivity contribution in [1.82, 2.24) is 9.55 Å². The molecule has 0 radical (unpaired) electrons. The van der Waals surface area contributed by atoms with Gasteiger partial charge in [0, 0.05) is 18.0 Å². The lowest BCUT2D eigenvalue weighted by Gasteiger charge is -2.17. The molecule has 0 aliphatic heterocycles. The number of benzene rings is 3. The molecule has 0 aliphatic carbocycles. The molecule has 0 atom stereocenters. The van der Waals surface area contributed by atoms with E-state index in [-0.39, 0.29) is 5.82 Å². The Kier molecular flexibility index (Phi) is 4.60. The molecule has 4 aromatic rings. The summed E-state index contributed by atoms with van der Waals surface area (Å²) in [6, 6.07) is 17.5. The van der Waals surface area contributed by atoms with E-state index in [2.05, 4.69) is 67.6 Å². The van der Waals surface area contributed by atoms with Crippen LogP contribution >= 0.6 is 0 Å². The van der Waals surface area contributed by atoms with Gasteiger partial charge in [-0.05, 0) is 91.9 Å². The Morgan fingerprint density at radius 1 is 0.750 bits per heavy atom. The van der Waals surface area contributed by atoms with Crippen LogP contribution in [0.3, 0.4) is 0 Å². The van der Waals surface area contributed by atoms with Gasteiger partial charge in [-0.15, -0.1) is 0 Å². The molecule has 0 saturated heterocycles. The van der Waals surface area contributed by atoms with Gasteiger partial charge in [0.05, 0.1) is 5.69 Å². The van der Waals surface area contributed by atoms with Gasteiger partial charge in [-0.1, -0.05) is 23.8 Å². The summed E-state index contributed by atoms with van der Waals surface area (Å²) in [6.45, 7) is 8.53. The fraction of sp³-hybridized carbons (Fsp3) is 0.160. The van der Waals surface area contributed by atoms with Gasteiger partial charge in [0.25, 0.3) is 0 Å². The van der Waals surface area contributed by atoms with Gasteiger partial charge in [-0.2, -0.15) is 0 Å². The van der Waals surface area contributed by atoms with E-state index in [1.807, 2.05) is 6.20 Å². The van der Waals surface area contributed by atoms with E-state index in [1.165, 1.54) is 45.5 Å². The van der Waals surface area contributed by atoms with E-state index in [0.29, 0.717) is 0 Å². The number of halogens is 1. The minimum atomic E-state index is -0.243. The number of aryl methyl sites for hydroxylation is 4. The molecule has 1 aromatic heterocycles. The van der Waals surface area contributed by atoms with Crippen LogP contribution in [0.15, 0.2) is 67.0 Å². The second-order valence-electron chi connectivity index (χ2n) is 7.40. The average Bonchev–Trinajstić information content (AvgIpc) is 3.13. The standard InChI is InChI=1S/C25H23FN2/c1-16-5-6-17(2)23(13-16)21-14-18(3)24(19(4)15-21)28-12-11-27-25(28)20-7-9-22(26)10-8-20/h5-15H,1-4H3. The van der Waals surface area contributed by atoms with E-state index in [1.54, 1.807) is 18.3 Å². The highest BCUT2D eigenvalue weighted by molar-refractivity contribution is 5.72. The van der Waals surface area contributed by atoms with Crippen LogP contribution in [-0.2, 0) is 0 Å².